The van der Waals surface area contributed by atoms with Gasteiger partial charge >= 0.3 is 0 Å². The van der Waals surface area contributed by atoms with Crippen LogP contribution in [0.5, 0.6) is 11.5 Å². The third kappa shape index (κ3) is 7.13. The Balaban J connectivity index is 2.08. The van der Waals surface area contributed by atoms with Crippen molar-refractivity contribution in [3.05, 3.63) is 72.3 Å². The zero-order valence-electron chi connectivity index (χ0n) is 17.3. The molecule has 2 rings (SSSR count). The zero-order valence-corrected chi connectivity index (χ0v) is 17.3. The molecule has 0 aromatic heterocycles. The maximum absolute atomic E-state index is 5.75. The van der Waals surface area contributed by atoms with Gasteiger partial charge < -0.3 is 9.47 Å². The summed E-state index contributed by atoms with van der Waals surface area (Å²) < 4.78 is 11.0. The van der Waals surface area contributed by atoms with Gasteiger partial charge in [0.25, 0.3) is 0 Å². The number of hydrogen-bond acceptors (Lipinski definition) is 3. The Morgan fingerprint density at radius 1 is 1.07 bits per heavy atom. The molecular formula is C25H31NO2. The monoisotopic (exact) mass is 377 g/mol. The van der Waals surface area contributed by atoms with Crippen molar-refractivity contribution < 1.29 is 9.47 Å². The van der Waals surface area contributed by atoms with Gasteiger partial charge in [0.1, 0.15) is 11.5 Å². The van der Waals surface area contributed by atoms with E-state index < -0.39 is 0 Å². The number of unbranched alkanes of at least 4 members (excludes halogenated alkanes) is 1. The van der Waals surface area contributed by atoms with E-state index in [9.17, 15) is 0 Å². The van der Waals surface area contributed by atoms with Gasteiger partial charge in [-0.3, -0.25) is 4.90 Å². The molecule has 0 aliphatic heterocycles. The van der Waals surface area contributed by atoms with Gasteiger partial charge in [0.05, 0.1) is 19.8 Å². The third-order valence-corrected chi connectivity index (χ3v) is 4.54. The molecule has 0 N–H and O–H groups in total. The van der Waals surface area contributed by atoms with E-state index in [1.165, 1.54) is 5.56 Å². The molecule has 0 aliphatic carbocycles. The van der Waals surface area contributed by atoms with Gasteiger partial charge in [-0.1, -0.05) is 43.4 Å². The molecule has 0 radical (unpaired) electrons. The van der Waals surface area contributed by atoms with E-state index in [0.717, 1.165) is 49.5 Å². The standard InChI is InChI=1S/C25H31NO2/c1-5-7-19-28-25-16-11-22(12-17-25)20-23(26(3)18-6-2)13-8-21-9-14-24(27-4)15-10-21/h6,9-12,14-17,23H,2,5,7,18-20H2,1,3-4H3. The number of benzene rings is 2. The summed E-state index contributed by atoms with van der Waals surface area (Å²) in [5.74, 6) is 8.48. The molecule has 1 unspecified atom stereocenters. The highest BCUT2D eigenvalue weighted by Crippen LogP contribution is 2.16. The number of methoxy groups -OCH3 is 1. The summed E-state index contributed by atoms with van der Waals surface area (Å²) >= 11 is 0. The zero-order chi connectivity index (χ0) is 20.2. The van der Waals surface area contributed by atoms with Gasteiger partial charge in [-0.25, -0.2) is 0 Å². The molecule has 0 fully saturated rings. The van der Waals surface area contributed by atoms with Crippen molar-refractivity contribution >= 4 is 0 Å². The Bertz CT molecular complexity index is 769. The smallest absolute Gasteiger partial charge is 0.119 e. The van der Waals surface area contributed by atoms with Crippen molar-refractivity contribution in [2.45, 2.75) is 32.2 Å². The quantitative estimate of drug-likeness (QED) is 0.332. The second kappa shape index (κ2) is 11.9. The lowest BCUT2D eigenvalue weighted by Crippen LogP contribution is -2.32. The summed E-state index contributed by atoms with van der Waals surface area (Å²) in [4.78, 5) is 2.22. The summed E-state index contributed by atoms with van der Waals surface area (Å²) in [6, 6.07) is 16.3. The van der Waals surface area contributed by atoms with Crippen LogP contribution in [0.1, 0.15) is 30.9 Å². The van der Waals surface area contributed by atoms with Gasteiger partial charge in [-0.15, -0.1) is 6.58 Å². The molecule has 0 heterocycles. The minimum atomic E-state index is 0.104. The number of likely N-dealkylation sites (N-methyl/N-ethyl adjacent to an activating group) is 1. The molecule has 1 atom stereocenters. The first-order chi connectivity index (χ1) is 13.7. The van der Waals surface area contributed by atoms with Crippen LogP contribution in [0.15, 0.2) is 61.2 Å². The van der Waals surface area contributed by atoms with Gasteiger partial charge in [0.2, 0.25) is 0 Å². The molecule has 3 heteroatoms. The molecule has 0 amide bonds. The maximum atomic E-state index is 5.75. The van der Waals surface area contributed by atoms with Crippen LogP contribution >= 0.6 is 0 Å². The predicted octanol–water partition coefficient (Wildman–Crippen LogP) is 4.95. The largest absolute Gasteiger partial charge is 0.497 e. The number of rotatable bonds is 10. The molecular weight excluding hydrogens is 346 g/mol. The lowest BCUT2D eigenvalue weighted by Gasteiger charge is -2.22. The molecule has 0 bridgehead atoms. The van der Waals surface area contributed by atoms with Gasteiger partial charge in [0.15, 0.2) is 0 Å². The Morgan fingerprint density at radius 2 is 1.75 bits per heavy atom. The van der Waals surface area contributed by atoms with Crippen LogP contribution in [0.4, 0.5) is 0 Å². The first-order valence-electron chi connectivity index (χ1n) is 9.84. The van der Waals surface area contributed by atoms with E-state index in [-0.39, 0.29) is 6.04 Å². The number of hydrogen-bond donors (Lipinski definition) is 0. The predicted molar refractivity (Wildman–Crippen MR) is 117 cm³/mol. The summed E-state index contributed by atoms with van der Waals surface area (Å²) in [6.07, 6.45) is 4.98. The lowest BCUT2D eigenvalue weighted by atomic mass is 10.0. The Kier molecular flexibility index (Phi) is 9.18. The molecule has 0 saturated heterocycles. The second-order valence-electron chi connectivity index (χ2n) is 6.79. The summed E-state index contributed by atoms with van der Waals surface area (Å²) in [5.41, 5.74) is 2.23. The van der Waals surface area contributed by atoms with Crippen molar-refractivity contribution in [1.82, 2.24) is 4.90 Å². The van der Waals surface area contributed by atoms with Crippen LogP contribution in [0, 0.1) is 11.8 Å². The first kappa shape index (κ1) is 21.6. The van der Waals surface area contributed by atoms with E-state index in [4.69, 9.17) is 9.47 Å². The molecule has 148 valence electrons. The van der Waals surface area contributed by atoms with Crippen molar-refractivity contribution in [3.8, 4) is 23.3 Å². The highest BCUT2D eigenvalue weighted by Gasteiger charge is 2.12. The van der Waals surface area contributed by atoms with Crippen molar-refractivity contribution in [2.24, 2.45) is 0 Å². The van der Waals surface area contributed by atoms with Crippen LogP contribution in [-0.2, 0) is 6.42 Å². The third-order valence-electron chi connectivity index (χ3n) is 4.54. The maximum Gasteiger partial charge on any atom is 0.119 e. The Hall–Kier alpha value is -2.70. The molecule has 0 saturated carbocycles. The van der Waals surface area contributed by atoms with Crippen LogP contribution in [0.2, 0.25) is 0 Å². The van der Waals surface area contributed by atoms with E-state index in [1.807, 2.05) is 42.5 Å². The van der Waals surface area contributed by atoms with Crippen molar-refractivity contribution in [1.29, 1.82) is 0 Å². The van der Waals surface area contributed by atoms with Crippen molar-refractivity contribution in [2.75, 3.05) is 27.3 Å². The summed E-state index contributed by atoms with van der Waals surface area (Å²) in [6.45, 7) is 7.58. The van der Waals surface area contributed by atoms with E-state index in [2.05, 4.69) is 49.4 Å². The number of ether oxygens (including phenoxy) is 2. The summed E-state index contributed by atoms with van der Waals surface area (Å²) in [7, 11) is 3.75. The molecule has 2 aromatic rings. The van der Waals surface area contributed by atoms with Gasteiger partial charge in [0, 0.05) is 12.1 Å². The fraction of sp³-hybridized carbons (Fsp3) is 0.360. The average molecular weight is 378 g/mol. The van der Waals surface area contributed by atoms with Crippen molar-refractivity contribution in [3.63, 3.8) is 0 Å². The fourth-order valence-electron chi connectivity index (χ4n) is 2.77. The highest BCUT2D eigenvalue weighted by molar-refractivity contribution is 5.39. The average Bonchev–Trinajstić information content (AvgIpc) is 2.73. The highest BCUT2D eigenvalue weighted by atomic mass is 16.5. The topological polar surface area (TPSA) is 21.7 Å². The van der Waals surface area contributed by atoms with Crippen LogP contribution < -0.4 is 9.47 Å². The van der Waals surface area contributed by atoms with Crippen LogP contribution in [0.3, 0.4) is 0 Å². The van der Waals surface area contributed by atoms with Crippen LogP contribution in [-0.4, -0.2) is 38.3 Å². The minimum absolute atomic E-state index is 0.104. The minimum Gasteiger partial charge on any atom is -0.497 e. The summed E-state index contributed by atoms with van der Waals surface area (Å²) in [5, 5.41) is 0. The van der Waals surface area contributed by atoms with E-state index in [0.29, 0.717) is 0 Å². The number of nitrogens with zero attached hydrogens (tertiary/aromatic N) is 1. The lowest BCUT2D eigenvalue weighted by molar-refractivity contribution is 0.308. The van der Waals surface area contributed by atoms with E-state index in [1.54, 1.807) is 7.11 Å². The Labute approximate surface area is 170 Å². The van der Waals surface area contributed by atoms with E-state index >= 15 is 0 Å². The SMILES string of the molecule is C=CCN(C)C(C#Cc1ccc(OC)cc1)Cc1ccc(OCCCC)cc1. The molecule has 0 aliphatic rings. The molecule has 0 spiro atoms. The normalized spacial score (nSPS) is 11.4. The van der Waals surface area contributed by atoms with Crippen LogP contribution in [0.25, 0.3) is 0 Å². The van der Waals surface area contributed by atoms with Gasteiger partial charge in [-0.2, -0.15) is 0 Å². The Morgan fingerprint density at radius 3 is 2.36 bits per heavy atom. The van der Waals surface area contributed by atoms with Gasteiger partial charge in [-0.05, 0) is 61.9 Å². The molecule has 2 aromatic carbocycles. The molecule has 3 nitrogen and oxygen atoms in total. The fourth-order valence-corrected chi connectivity index (χ4v) is 2.77. The second-order valence-corrected chi connectivity index (χ2v) is 6.79. The molecule has 28 heavy (non-hydrogen) atoms. The first-order valence-corrected chi connectivity index (χ1v) is 9.84.